The van der Waals surface area contributed by atoms with Crippen molar-refractivity contribution in [3.05, 3.63) is 42.0 Å². The summed E-state index contributed by atoms with van der Waals surface area (Å²) in [6.07, 6.45) is 8.99. The summed E-state index contributed by atoms with van der Waals surface area (Å²) in [4.78, 5) is 14.0. The van der Waals surface area contributed by atoms with Crippen LogP contribution in [-0.4, -0.2) is 34.7 Å². The van der Waals surface area contributed by atoms with Gasteiger partial charge in [0.05, 0.1) is 6.10 Å². The third-order valence-electron chi connectivity index (χ3n) is 7.67. The predicted molar refractivity (Wildman–Crippen MR) is 130 cm³/mol. The fourth-order valence-corrected chi connectivity index (χ4v) is 5.63. The third-order valence-corrected chi connectivity index (χ3v) is 7.67. The maximum Gasteiger partial charge on any atom is 0.320 e. The summed E-state index contributed by atoms with van der Waals surface area (Å²) in [5.41, 5.74) is 1.59. The van der Waals surface area contributed by atoms with Gasteiger partial charge in [0.2, 0.25) is 0 Å². The van der Waals surface area contributed by atoms with Crippen molar-refractivity contribution < 1.29 is 14.6 Å². The van der Waals surface area contributed by atoms with Crippen LogP contribution in [0.4, 0.5) is 0 Å². The van der Waals surface area contributed by atoms with Gasteiger partial charge in [0.15, 0.2) is 0 Å². The lowest BCUT2D eigenvalue weighted by atomic mass is 9.72. The van der Waals surface area contributed by atoms with E-state index in [1.165, 1.54) is 29.2 Å². The number of nitrogens with zero attached hydrogens (tertiary/aromatic N) is 1. The Morgan fingerprint density at radius 2 is 1.81 bits per heavy atom. The summed E-state index contributed by atoms with van der Waals surface area (Å²) >= 11 is 0. The third kappa shape index (κ3) is 5.46. The summed E-state index contributed by atoms with van der Waals surface area (Å²) < 4.78 is 6.39. The van der Waals surface area contributed by atoms with Crippen LogP contribution in [0.5, 0.6) is 5.75 Å². The van der Waals surface area contributed by atoms with Crippen LogP contribution in [0.25, 0.3) is 10.8 Å². The molecule has 2 aromatic carbocycles. The van der Waals surface area contributed by atoms with E-state index in [4.69, 9.17) is 4.74 Å². The van der Waals surface area contributed by atoms with Gasteiger partial charge in [-0.3, -0.25) is 9.69 Å². The monoisotopic (exact) mass is 437 g/mol. The molecule has 4 rings (SSSR count). The standard InChI is InChI=1S/C28H39NO3/c1-28(2,3)22-11-13-23(14-12-22)32-24-15-16-25-20(18-24)8-7-9-21(25)19-29-17-6-4-5-10-26(29)27(30)31/h7-9,15-16,18,22-23,26H,4-6,10-14,17,19H2,1-3H3,(H,30,31). The van der Waals surface area contributed by atoms with E-state index in [0.717, 1.165) is 56.7 Å². The van der Waals surface area contributed by atoms with E-state index >= 15 is 0 Å². The maximum absolute atomic E-state index is 11.8. The van der Waals surface area contributed by atoms with E-state index < -0.39 is 5.97 Å². The van der Waals surface area contributed by atoms with Gasteiger partial charge < -0.3 is 9.84 Å². The number of rotatable bonds is 5. The lowest BCUT2D eigenvalue weighted by Gasteiger charge is -2.37. The maximum atomic E-state index is 11.8. The number of hydrogen-bond acceptors (Lipinski definition) is 3. The normalized spacial score (nSPS) is 25.4. The molecule has 174 valence electrons. The van der Waals surface area contributed by atoms with Gasteiger partial charge in [-0.15, -0.1) is 0 Å². The van der Waals surface area contributed by atoms with Crippen molar-refractivity contribution in [3.8, 4) is 5.75 Å². The lowest BCUT2D eigenvalue weighted by Crippen LogP contribution is -2.40. The summed E-state index contributed by atoms with van der Waals surface area (Å²) in [7, 11) is 0. The summed E-state index contributed by atoms with van der Waals surface area (Å²) in [6, 6.07) is 12.4. The fourth-order valence-electron chi connectivity index (χ4n) is 5.63. The molecule has 0 bridgehead atoms. The Morgan fingerprint density at radius 3 is 2.53 bits per heavy atom. The summed E-state index contributed by atoms with van der Waals surface area (Å²) in [6.45, 7) is 8.59. The van der Waals surface area contributed by atoms with Gasteiger partial charge in [-0.1, -0.05) is 57.9 Å². The van der Waals surface area contributed by atoms with Crippen LogP contribution in [-0.2, 0) is 11.3 Å². The molecule has 1 unspecified atom stereocenters. The number of carboxylic acids is 1. The van der Waals surface area contributed by atoms with Crippen molar-refractivity contribution in [2.75, 3.05) is 6.54 Å². The van der Waals surface area contributed by atoms with Crippen LogP contribution in [0.15, 0.2) is 36.4 Å². The average molecular weight is 438 g/mol. The van der Waals surface area contributed by atoms with Crippen LogP contribution in [0, 0.1) is 11.3 Å². The van der Waals surface area contributed by atoms with E-state index in [-0.39, 0.29) is 6.04 Å². The summed E-state index contributed by atoms with van der Waals surface area (Å²) in [5.74, 6) is 1.05. The molecule has 4 heteroatoms. The van der Waals surface area contributed by atoms with Gasteiger partial charge in [-0.2, -0.15) is 0 Å². The molecule has 4 nitrogen and oxygen atoms in total. The molecular formula is C28H39NO3. The van der Waals surface area contributed by atoms with Gasteiger partial charge in [0, 0.05) is 6.54 Å². The fraction of sp³-hybridized carbons (Fsp3) is 0.607. The Labute approximate surface area is 192 Å². The van der Waals surface area contributed by atoms with Gasteiger partial charge in [-0.05, 0) is 84.9 Å². The topological polar surface area (TPSA) is 49.8 Å². The van der Waals surface area contributed by atoms with Crippen molar-refractivity contribution in [1.29, 1.82) is 0 Å². The number of benzene rings is 2. The van der Waals surface area contributed by atoms with Crippen LogP contribution in [0.3, 0.4) is 0 Å². The minimum absolute atomic E-state index is 0.308. The quantitative estimate of drug-likeness (QED) is 0.569. The Morgan fingerprint density at radius 1 is 1.03 bits per heavy atom. The first-order valence-corrected chi connectivity index (χ1v) is 12.5. The summed E-state index contributed by atoms with van der Waals surface area (Å²) in [5, 5.41) is 12.1. The molecule has 0 radical (unpaired) electrons. The number of carbonyl (C=O) groups is 1. The number of hydrogen-bond donors (Lipinski definition) is 1. The average Bonchev–Trinajstić information content (AvgIpc) is 2.99. The Balaban J connectivity index is 1.46. The molecule has 0 spiro atoms. The SMILES string of the molecule is CC(C)(C)C1CCC(Oc2ccc3c(CN4CCCCCC4C(=O)O)cccc3c2)CC1. The van der Waals surface area contributed by atoms with E-state index in [9.17, 15) is 9.90 Å². The second-order valence-corrected chi connectivity index (χ2v) is 10.9. The highest BCUT2D eigenvalue weighted by Gasteiger charge is 2.30. The van der Waals surface area contributed by atoms with Gasteiger partial charge in [0.25, 0.3) is 0 Å². The van der Waals surface area contributed by atoms with Crippen LogP contribution < -0.4 is 4.74 Å². The minimum atomic E-state index is -0.691. The van der Waals surface area contributed by atoms with Gasteiger partial charge in [-0.25, -0.2) is 0 Å². The molecule has 2 fully saturated rings. The first-order chi connectivity index (χ1) is 15.3. The van der Waals surface area contributed by atoms with Crippen molar-refractivity contribution >= 4 is 16.7 Å². The van der Waals surface area contributed by atoms with Crippen LogP contribution in [0.2, 0.25) is 0 Å². The van der Waals surface area contributed by atoms with E-state index in [0.29, 0.717) is 18.1 Å². The van der Waals surface area contributed by atoms with Crippen LogP contribution >= 0.6 is 0 Å². The van der Waals surface area contributed by atoms with E-state index in [1.807, 2.05) is 0 Å². The number of aliphatic carboxylic acids is 1. The second-order valence-electron chi connectivity index (χ2n) is 10.9. The zero-order chi connectivity index (χ0) is 22.7. The van der Waals surface area contributed by atoms with E-state index in [1.54, 1.807) is 0 Å². The molecule has 2 aliphatic rings. The van der Waals surface area contributed by atoms with E-state index in [2.05, 4.69) is 62.1 Å². The first-order valence-electron chi connectivity index (χ1n) is 12.5. The molecule has 1 saturated carbocycles. The zero-order valence-corrected chi connectivity index (χ0v) is 20.0. The molecule has 0 amide bonds. The molecule has 0 aromatic heterocycles. The molecular weight excluding hydrogens is 398 g/mol. The first kappa shape index (κ1) is 23.1. The molecule has 1 saturated heterocycles. The highest BCUT2D eigenvalue weighted by Crippen LogP contribution is 2.39. The number of carboxylic acid groups (broad SMARTS) is 1. The van der Waals surface area contributed by atoms with Crippen molar-refractivity contribution in [1.82, 2.24) is 4.90 Å². The highest BCUT2D eigenvalue weighted by molar-refractivity contribution is 5.87. The van der Waals surface area contributed by atoms with Crippen molar-refractivity contribution in [2.45, 2.75) is 90.8 Å². The number of fused-ring (bicyclic) bond motifs is 1. The van der Waals surface area contributed by atoms with Gasteiger partial charge >= 0.3 is 5.97 Å². The Bertz CT molecular complexity index is 924. The minimum Gasteiger partial charge on any atom is -0.490 e. The Kier molecular flexibility index (Phi) is 7.09. The second kappa shape index (κ2) is 9.82. The lowest BCUT2D eigenvalue weighted by molar-refractivity contribution is -0.143. The predicted octanol–water partition coefficient (Wildman–Crippen LogP) is 6.65. The Hall–Kier alpha value is -2.07. The smallest absolute Gasteiger partial charge is 0.320 e. The van der Waals surface area contributed by atoms with Crippen LogP contribution in [0.1, 0.15) is 77.7 Å². The van der Waals surface area contributed by atoms with Crippen molar-refractivity contribution in [2.24, 2.45) is 11.3 Å². The highest BCUT2D eigenvalue weighted by atomic mass is 16.5. The van der Waals surface area contributed by atoms with Gasteiger partial charge in [0.1, 0.15) is 11.8 Å². The largest absolute Gasteiger partial charge is 0.490 e. The molecule has 1 heterocycles. The zero-order valence-electron chi connectivity index (χ0n) is 20.0. The molecule has 2 aromatic rings. The molecule has 32 heavy (non-hydrogen) atoms. The molecule has 1 aliphatic heterocycles. The number of ether oxygens (including phenoxy) is 1. The van der Waals surface area contributed by atoms with Crippen molar-refractivity contribution in [3.63, 3.8) is 0 Å². The molecule has 1 aliphatic carbocycles. The molecule has 1 atom stereocenters. The molecule has 1 N–H and O–H groups in total. The number of likely N-dealkylation sites (tertiary alicyclic amines) is 1.